The summed E-state index contributed by atoms with van der Waals surface area (Å²) in [4.78, 5) is 16.6. The molecule has 0 bridgehead atoms. The Kier molecular flexibility index (Phi) is 4.98. The van der Waals surface area contributed by atoms with Crippen LogP contribution in [0.2, 0.25) is 0 Å². The number of rotatable bonds is 4. The molecule has 0 saturated carbocycles. The van der Waals surface area contributed by atoms with Gasteiger partial charge >= 0.3 is 0 Å². The summed E-state index contributed by atoms with van der Waals surface area (Å²) in [6, 6.07) is 1.87. The summed E-state index contributed by atoms with van der Waals surface area (Å²) in [5, 5.41) is 0. The first-order valence-electron chi connectivity index (χ1n) is 8.64. The molecule has 0 saturated heterocycles. The maximum Gasteiger partial charge on any atom is 0.276 e. The first-order valence-corrected chi connectivity index (χ1v) is 10.9. The fourth-order valence-corrected chi connectivity index (χ4v) is 6.13. The van der Waals surface area contributed by atoms with Crippen LogP contribution in [0.3, 0.4) is 0 Å². The van der Waals surface area contributed by atoms with Crippen LogP contribution >= 0.6 is 11.3 Å². The van der Waals surface area contributed by atoms with E-state index in [0.717, 1.165) is 36.0 Å². The molecule has 1 aliphatic rings. The van der Waals surface area contributed by atoms with Crippen LogP contribution in [0.4, 0.5) is 0 Å². The maximum absolute atomic E-state index is 12.8. The summed E-state index contributed by atoms with van der Waals surface area (Å²) in [5.41, 5.74) is 8.00. The topological polar surface area (TPSA) is 75.3 Å². The van der Waals surface area contributed by atoms with Crippen molar-refractivity contribution in [2.45, 2.75) is 58.8 Å². The lowest BCUT2D eigenvalue weighted by Crippen LogP contribution is -2.41. The molecule has 5 nitrogen and oxygen atoms in total. The predicted molar refractivity (Wildman–Crippen MR) is 104 cm³/mol. The molecule has 0 radical (unpaired) electrons. The Morgan fingerprint density at radius 2 is 1.54 bits per heavy atom. The second-order valence-corrected chi connectivity index (χ2v) is 9.68. The van der Waals surface area contributed by atoms with Gasteiger partial charge in [0.25, 0.3) is 15.9 Å². The number of thiophene rings is 1. The molecule has 1 heterocycles. The minimum atomic E-state index is -3.86. The third-order valence-corrected chi connectivity index (χ3v) is 8.23. The Bertz CT molecular complexity index is 954. The van der Waals surface area contributed by atoms with Gasteiger partial charge in [0.05, 0.1) is 9.77 Å². The Morgan fingerprint density at radius 3 is 2.12 bits per heavy atom. The van der Waals surface area contributed by atoms with Crippen molar-refractivity contribution in [2.24, 2.45) is 0 Å². The number of carbonyl (C=O) groups excluding carboxylic acids is 1. The zero-order valence-electron chi connectivity index (χ0n) is 15.7. The van der Waals surface area contributed by atoms with E-state index in [4.69, 9.17) is 0 Å². The van der Waals surface area contributed by atoms with Crippen molar-refractivity contribution in [1.82, 2.24) is 10.3 Å². The van der Waals surface area contributed by atoms with Crippen molar-refractivity contribution >= 4 is 27.3 Å². The summed E-state index contributed by atoms with van der Waals surface area (Å²) >= 11 is 1.44. The molecule has 0 spiro atoms. The van der Waals surface area contributed by atoms with E-state index in [1.807, 2.05) is 26.8 Å². The van der Waals surface area contributed by atoms with Crippen LogP contribution in [-0.2, 0) is 22.9 Å². The van der Waals surface area contributed by atoms with Crippen LogP contribution in [0.5, 0.6) is 0 Å². The second kappa shape index (κ2) is 6.79. The highest BCUT2D eigenvalue weighted by Crippen LogP contribution is 2.31. The number of hydrogen-bond acceptors (Lipinski definition) is 4. The normalized spacial score (nSPS) is 13.7. The van der Waals surface area contributed by atoms with Gasteiger partial charge in [-0.05, 0) is 93.3 Å². The van der Waals surface area contributed by atoms with Crippen molar-refractivity contribution in [3.05, 3.63) is 49.2 Å². The minimum Gasteiger partial charge on any atom is -0.273 e. The SMILES string of the molecule is Cc1c(C)c(C)c(S(=O)(=O)NNC(=O)c2cc3c(s2)CCC3)c(C)c1C. The monoisotopic (exact) mass is 392 g/mol. The molecule has 1 amide bonds. The van der Waals surface area contributed by atoms with Crippen molar-refractivity contribution in [1.29, 1.82) is 0 Å². The molecular formula is C19H24N2O3S2. The van der Waals surface area contributed by atoms with E-state index in [2.05, 4.69) is 10.3 Å². The summed E-state index contributed by atoms with van der Waals surface area (Å²) < 4.78 is 25.7. The zero-order valence-corrected chi connectivity index (χ0v) is 17.4. The standard InChI is InChI=1S/C19H24N2O3S2/c1-10-11(2)13(4)18(14(5)12(10)3)26(23,24)21-20-19(22)17-9-15-7-6-8-16(15)25-17/h9,21H,6-8H2,1-5H3,(H,20,22). The van der Waals surface area contributed by atoms with Gasteiger partial charge in [-0.2, -0.15) is 0 Å². The van der Waals surface area contributed by atoms with Crippen LogP contribution in [-0.4, -0.2) is 14.3 Å². The lowest BCUT2D eigenvalue weighted by atomic mass is 9.95. The smallest absolute Gasteiger partial charge is 0.273 e. The molecule has 2 N–H and O–H groups in total. The van der Waals surface area contributed by atoms with Crippen LogP contribution in [0, 0.1) is 34.6 Å². The van der Waals surface area contributed by atoms with E-state index in [-0.39, 0.29) is 4.90 Å². The number of carbonyl (C=O) groups is 1. The molecule has 26 heavy (non-hydrogen) atoms. The van der Waals surface area contributed by atoms with Crippen LogP contribution in [0.25, 0.3) is 0 Å². The highest BCUT2D eigenvalue weighted by atomic mass is 32.2. The number of aryl methyl sites for hydroxylation is 2. The number of benzene rings is 1. The van der Waals surface area contributed by atoms with Gasteiger partial charge in [-0.15, -0.1) is 16.2 Å². The summed E-state index contributed by atoms with van der Waals surface area (Å²) in [7, 11) is -3.86. The predicted octanol–water partition coefficient (Wildman–Crippen LogP) is 3.40. The van der Waals surface area contributed by atoms with E-state index < -0.39 is 15.9 Å². The van der Waals surface area contributed by atoms with Gasteiger partial charge in [0.1, 0.15) is 0 Å². The van der Waals surface area contributed by atoms with Gasteiger partial charge in [-0.1, -0.05) is 0 Å². The first-order chi connectivity index (χ1) is 12.1. The minimum absolute atomic E-state index is 0.243. The van der Waals surface area contributed by atoms with Gasteiger partial charge < -0.3 is 0 Å². The highest BCUT2D eigenvalue weighted by molar-refractivity contribution is 7.89. The van der Waals surface area contributed by atoms with E-state index in [9.17, 15) is 13.2 Å². The van der Waals surface area contributed by atoms with E-state index in [1.54, 1.807) is 13.8 Å². The molecule has 0 aliphatic heterocycles. The molecule has 0 fully saturated rings. The molecule has 0 atom stereocenters. The lowest BCUT2D eigenvalue weighted by Gasteiger charge is -2.19. The first kappa shape index (κ1) is 19.1. The Morgan fingerprint density at radius 1 is 0.962 bits per heavy atom. The molecule has 1 aliphatic carbocycles. The van der Waals surface area contributed by atoms with Crippen molar-refractivity contribution < 1.29 is 13.2 Å². The number of sulfonamides is 1. The summed E-state index contributed by atoms with van der Waals surface area (Å²) in [6.07, 6.45) is 3.12. The average Bonchev–Trinajstić information content (AvgIpc) is 3.18. The fourth-order valence-electron chi connectivity index (χ4n) is 3.54. The van der Waals surface area contributed by atoms with Gasteiger partial charge in [-0.3, -0.25) is 10.2 Å². The van der Waals surface area contributed by atoms with Crippen molar-refractivity contribution in [3.63, 3.8) is 0 Å². The number of amides is 1. The molecule has 7 heteroatoms. The van der Waals surface area contributed by atoms with E-state index in [0.29, 0.717) is 16.0 Å². The second-order valence-electron chi connectivity index (χ2n) is 6.93. The number of hydrazine groups is 1. The molecule has 1 aromatic carbocycles. The van der Waals surface area contributed by atoms with Crippen molar-refractivity contribution in [3.8, 4) is 0 Å². The van der Waals surface area contributed by atoms with Crippen LogP contribution in [0.15, 0.2) is 11.0 Å². The van der Waals surface area contributed by atoms with Crippen molar-refractivity contribution in [2.75, 3.05) is 0 Å². The largest absolute Gasteiger partial charge is 0.276 e. The van der Waals surface area contributed by atoms with Gasteiger partial charge in [0, 0.05) is 4.88 Å². The third kappa shape index (κ3) is 3.19. The zero-order chi connectivity index (χ0) is 19.2. The van der Waals surface area contributed by atoms with E-state index >= 15 is 0 Å². The lowest BCUT2D eigenvalue weighted by molar-refractivity contribution is 0.0949. The third-order valence-electron chi connectivity index (χ3n) is 5.47. The fraction of sp³-hybridized carbons (Fsp3) is 0.421. The van der Waals surface area contributed by atoms with Crippen LogP contribution in [0.1, 0.15) is 54.4 Å². The molecule has 1 aromatic heterocycles. The molecule has 140 valence electrons. The van der Waals surface area contributed by atoms with Gasteiger partial charge in [-0.25, -0.2) is 8.42 Å². The molecule has 3 rings (SSSR count). The number of nitrogens with one attached hydrogen (secondary N) is 2. The quantitative estimate of drug-likeness (QED) is 0.783. The Balaban J connectivity index is 1.84. The summed E-state index contributed by atoms with van der Waals surface area (Å²) in [6.45, 7) is 9.43. The van der Waals surface area contributed by atoms with E-state index in [1.165, 1.54) is 21.8 Å². The maximum atomic E-state index is 12.8. The highest BCUT2D eigenvalue weighted by Gasteiger charge is 2.25. The molecular weight excluding hydrogens is 368 g/mol. The average molecular weight is 393 g/mol. The molecule has 0 unspecified atom stereocenters. The Hall–Kier alpha value is -1.70. The summed E-state index contributed by atoms with van der Waals surface area (Å²) in [5.74, 6) is -0.413. The molecule has 2 aromatic rings. The number of hydrogen-bond donors (Lipinski definition) is 2. The Labute approximate surface area is 158 Å². The van der Waals surface area contributed by atoms with Gasteiger partial charge in [0.2, 0.25) is 0 Å². The number of fused-ring (bicyclic) bond motifs is 1. The van der Waals surface area contributed by atoms with Crippen LogP contribution < -0.4 is 10.3 Å². The van der Waals surface area contributed by atoms with Gasteiger partial charge in [0.15, 0.2) is 0 Å².